The van der Waals surface area contributed by atoms with E-state index >= 15 is 0 Å². The van der Waals surface area contributed by atoms with Crippen LogP contribution >= 0.6 is 39.3 Å². The van der Waals surface area contributed by atoms with Crippen LogP contribution in [0.4, 0.5) is 0 Å². The predicted octanol–water partition coefficient (Wildman–Crippen LogP) is 4.54. The first-order chi connectivity index (χ1) is 8.58. The van der Waals surface area contributed by atoms with E-state index in [1.54, 1.807) is 11.8 Å². The van der Waals surface area contributed by atoms with Gasteiger partial charge in [0.15, 0.2) is 0 Å². The van der Waals surface area contributed by atoms with E-state index in [9.17, 15) is 0 Å². The Balaban J connectivity index is 2.30. The third-order valence-corrected chi connectivity index (χ3v) is 4.81. The lowest BCUT2D eigenvalue weighted by atomic mass is 10.2. The van der Waals surface area contributed by atoms with Crippen LogP contribution in [0.1, 0.15) is 5.56 Å². The highest BCUT2D eigenvalue weighted by molar-refractivity contribution is 9.10. The van der Waals surface area contributed by atoms with Gasteiger partial charge in [-0.05, 0) is 40.2 Å². The molecule has 18 heavy (non-hydrogen) atoms. The molecule has 0 unspecified atom stereocenters. The molecular weight excluding hydrogens is 332 g/mol. The predicted molar refractivity (Wildman–Crippen MR) is 80.7 cm³/mol. The molecule has 2 rings (SSSR count). The minimum absolute atomic E-state index is 0.0602. The first-order valence-electron chi connectivity index (χ1n) is 5.14. The van der Waals surface area contributed by atoms with Gasteiger partial charge in [-0.1, -0.05) is 41.6 Å². The zero-order chi connectivity index (χ0) is 13.1. The summed E-state index contributed by atoms with van der Waals surface area (Å²) >= 11 is 11.2. The zero-order valence-corrected chi connectivity index (χ0v) is 12.4. The van der Waals surface area contributed by atoms with Gasteiger partial charge in [-0.2, -0.15) is 0 Å². The molecule has 0 radical (unpaired) electrons. The van der Waals surface area contributed by atoms with Gasteiger partial charge in [-0.3, -0.25) is 5.41 Å². The fourth-order valence-corrected chi connectivity index (χ4v) is 3.11. The number of hydrogen-bond donors (Lipinski definition) is 2. The Kier molecular flexibility index (Phi) is 4.32. The summed E-state index contributed by atoms with van der Waals surface area (Å²) in [7, 11) is 0. The van der Waals surface area contributed by atoms with Crippen molar-refractivity contribution in [2.45, 2.75) is 9.79 Å². The van der Waals surface area contributed by atoms with Gasteiger partial charge in [0.25, 0.3) is 0 Å². The Hall–Kier alpha value is -0.970. The lowest BCUT2D eigenvalue weighted by Crippen LogP contribution is -2.10. The summed E-state index contributed by atoms with van der Waals surface area (Å²) in [4.78, 5) is 2.03. The molecule has 0 aliphatic carbocycles. The molecule has 0 atom stereocenters. The van der Waals surface area contributed by atoms with Gasteiger partial charge in [-0.15, -0.1) is 0 Å². The summed E-state index contributed by atoms with van der Waals surface area (Å²) in [5.41, 5.74) is 6.14. The summed E-state index contributed by atoms with van der Waals surface area (Å²) in [5, 5.41) is 8.11. The van der Waals surface area contributed by atoms with Crippen molar-refractivity contribution in [3.8, 4) is 0 Å². The zero-order valence-electron chi connectivity index (χ0n) is 9.28. The molecule has 2 aromatic rings. The maximum Gasteiger partial charge on any atom is 0.122 e. The molecule has 0 heterocycles. The molecule has 2 aromatic carbocycles. The maximum atomic E-state index is 7.39. The highest BCUT2D eigenvalue weighted by Gasteiger charge is 2.07. The molecule has 0 aliphatic rings. The van der Waals surface area contributed by atoms with E-state index in [0.717, 1.165) is 19.3 Å². The lowest BCUT2D eigenvalue weighted by Gasteiger charge is -2.07. The second-order valence-corrected chi connectivity index (χ2v) is 5.94. The fourth-order valence-electron chi connectivity index (χ4n) is 1.40. The third-order valence-electron chi connectivity index (χ3n) is 2.30. The molecule has 0 aliphatic heterocycles. The Bertz CT molecular complexity index is 601. The summed E-state index contributed by atoms with van der Waals surface area (Å²) < 4.78 is 0.903. The maximum absolute atomic E-state index is 7.39. The van der Waals surface area contributed by atoms with Crippen molar-refractivity contribution in [2.75, 3.05) is 0 Å². The van der Waals surface area contributed by atoms with Crippen LogP contribution in [0.25, 0.3) is 0 Å². The van der Waals surface area contributed by atoms with E-state index in [0.29, 0.717) is 5.56 Å². The van der Waals surface area contributed by atoms with E-state index in [1.807, 2.05) is 42.5 Å². The van der Waals surface area contributed by atoms with E-state index in [2.05, 4.69) is 15.9 Å². The van der Waals surface area contributed by atoms with Crippen molar-refractivity contribution in [3.05, 3.63) is 57.5 Å². The Morgan fingerprint density at radius 3 is 2.50 bits per heavy atom. The lowest BCUT2D eigenvalue weighted by molar-refractivity contribution is 1.34. The van der Waals surface area contributed by atoms with Crippen LogP contribution in [-0.2, 0) is 0 Å². The summed E-state index contributed by atoms with van der Waals surface area (Å²) in [6.07, 6.45) is 0. The first kappa shape index (κ1) is 13.5. The standard InChI is InChI=1S/C13H10BrClN2S/c14-9-7-8(13(16)17)5-6-11(9)18-12-4-2-1-3-10(12)15/h1-7H,(H3,16,17). The van der Waals surface area contributed by atoms with Crippen LogP contribution < -0.4 is 5.73 Å². The second kappa shape index (κ2) is 5.78. The number of nitrogen functional groups attached to an aromatic ring is 1. The normalized spacial score (nSPS) is 10.3. The van der Waals surface area contributed by atoms with E-state index in [4.69, 9.17) is 22.7 Å². The molecule has 0 saturated carbocycles. The van der Waals surface area contributed by atoms with Gasteiger partial charge in [-0.25, -0.2) is 0 Å². The van der Waals surface area contributed by atoms with Crippen LogP contribution in [0.3, 0.4) is 0 Å². The number of nitrogens with one attached hydrogen (secondary N) is 1. The average Bonchev–Trinajstić information content (AvgIpc) is 2.34. The van der Waals surface area contributed by atoms with Crippen molar-refractivity contribution in [2.24, 2.45) is 5.73 Å². The molecule has 2 nitrogen and oxygen atoms in total. The van der Waals surface area contributed by atoms with Crippen molar-refractivity contribution in [1.82, 2.24) is 0 Å². The number of hydrogen-bond acceptors (Lipinski definition) is 2. The van der Waals surface area contributed by atoms with Crippen molar-refractivity contribution >= 4 is 45.1 Å². The number of nitrogens with two attached hydrogens (primary N) is 1. The largest absolute Gasteiger partial charge is 0.384 e. The molecule has 0 bridgehead atoms. The molecule has 0 fully saturated rings. The summed E-state index contributed by atoms with van der Waals surface area (Å²) in [6, 6.07) is 13.3. The Labute approximate surface area is 123 Å². The van der Waals surface area contributed by atoms with Crippen LogP contribution in [0.2, 0.25) is 5.02 Å². The minimum Gasteiger partial charge on any atom is -0.384 e. The monoisotopic (exact) mass is 340 g/mol. The van der Waals surface area contributed by atoms with Crippen LogP contribution in [0.5, 0.6) is 0 Å². The average molecular weight is 342 g/mol. The molecule has 0 spiro atoms. The van der Waals surface area contributed by atoms with Crippen molar-refractivity contribution in [1.29, 1.82) is 5.41 Å². The van der Waals surface area contributed by atoms with E-state index < -0.39 is 0 Å². The van der Waals surface area contributed by atoms with Crippen molar-refractivity contribution < 1.29 is 0 Å². The highest BCUT2D eigenvalue weighted by atomic mass is 79.9. The first-order valence-corrected chi connectivity index (χ1v) is 7.13. The van der Waals surface area contributed by atoms with E-state index in [1.165, 1.54) is 0 Å². The molecule has 92 valence electrons. The molecule has 0 aromatic heterocycles. The van der Waals surface area contributed by atoms with Crippen molar-refractivity contribution in [3.63, 3.8) is 0 Å². The topological polar surface area (TPSA) is 49.9 Å². The number of benzene rings is 2. The molecule has 0 saturated heterocycles. The highest BCUT2D eigenvalue weighted by Crippen LogP contribution is 2.37. The van der Waals surface area contributed by atoms with Crippen LogP contribution in [0, 0.1) is 5.41 Å². The van der Waals surface area contributed by atoms with Gasteiger partial charge in [0, 0.05) is 19.8 Å². The van der Waals surface area contributed by atoms with Crippen LogP contribution in [0.15, 0.2) is 56.7 Å². The Morgan fingerprint density at radius 2 is 1.89 bits per heavy atom. The number of halogens is 2. The van der Waals surface area contributed by atoms with Gasteiger partial charge in [0.1, 0.15) is 5.84 Å². The van der Waals surface area contributed by atoms with Gasteiger partial charge in [0.05, 0.1) is 5.02 Å². The molecular formula is C13H10BrClN2S. The van der Waals surface area contributed by atoms with E-state index in [-0.39, 0.29) is 5.84 Å². The molecule has 5 heteroatoms. The van der Waals surface area contributed by atoms with Gasteiger partial charge < -0.3 is 5.73 Å². The van der Waals surface area contributed by atoms with Crippen LogP contribution in [-0.4, -0.2) is 5.84 Å². The quantitative estimate of drug-likeness (QED) is 0.636. The van der Waals surface area contributed by atoms with Gasteiger partial charge >= 0.3 is 0 Å². The minimum atomic E-state index is 0.0602. The fraction of sp³-hybridized carbons (Fsp3) is 0. The SMILES string of the molecule is N=C(N)c1ccc(Sc2ccccc2Cl)c(Br)c1. The number of amidine groups is 1. The summed E-state index contributed by atoms with van der Waals surface area (Å²) in [5.74, 6) is 0.0602. The smallest absolute Gasteiger partial charge is 0.122 e. The number of rotatable bonds is 3. The second-order valence-electron chi connectivity index (χ2n) is 3.59. The Morgan fingerprint density at radius 1 is 1.17 bits per heavy atom. The summed E-state index contributed by atoms with van der Waals surface area (Å²) in [6.45, 7) is 0. The third kappa shape index (κ3) is 3.07. The molecule has 0 amide bonds. The van der Waals surface area contributed by atoms with Gasteiger partial charge in [0.2, 0.25) is 0 Å². The molecule has 3 N–H and O–H groups in total.